The van der Waals surface area contributed by atoms with Crippen molar-refractivity contribution in [2.75, 3.05) is 4.72 Å². The maximum atomic E-state index is 12.3. The van der Waals surface area contributed by atoms with E-state index in [0.717, 1.165) is 41.4 Å². The summed E-state index contributed by atoms with van der Waals surface area (Å²) in [5.74, 6) is 0.558. The molecule has 176 valence electrons. The third kappa shape index (κ3) is 4.00. The molecule has 0 saturated heterocycles. The van der Waals surface area contributed by atoms with E-state index in [1.807, 2.05) is 30.3 Å². The highest BCUT2D eigenvalue weighted by Crippen LogP contribution is 2.43. The number of benzene rings is 2. The van der Waals surface area contributed by atoms with Gasteiger partial charge in [-0.25, -0.2) is 18.4 Å². The average molecular weight is 486 g/mol. The number of hydrogen-bond acceptors (Lipinski definition) is 6. The fourth-order valence-electron chi connectivity index (χ4n) is 4.54. The second-order valence-corrected chi connectivity index (χ2v) is 11.0. The van der Waals surface area contributed by atoms with Gasteiger partial charge in [0.1, 0.15) is 11.8 Å². The van der Waals surface area contributed by atoms with Crippen LogP contribution in [0.1, 0.15) is 43.7 Å². The summed E-state index contributed by atoms with van der Waals surface area (Å²) in [6.07, 6.45) is 7.90. The van der Waals surface area contributed by atoms with Crippen LogP contribution in [-0.4, -0.2) is 28.2 Å². The molecular weight excluding hydrogens is 462 g/mol. The normalized spacial score (nSPS) is 16.0. The summed E-state index contributed by atoms with van der Waals surface area (Å²) in [5.41, 5.74) is 3.78. The van der Waals surface area contributed by atoms with Crippen LogP contribution in [0.3, 0.4) is 0 Å². The lowest BCUT2D eigenvalue weighted by Gasteiger charge is -2.30. The number of sulfonamides is 1. The van der Waals surface area contributed by atoms with Crippen LogP contribution < -0.4 is 9.46 Å². The zero-order chi connectivity index (χ0) is 24.0. The van der Waals surface area contributed by atoms with Crippen molar-refractivity contribution in [2.45, 2.75) is 43.4 Å². The zero-order valence-electron chi connectivity index (χ0n) is 18.9. The minimum absolute atomic E-state index is 0.244. The summed E-state index contributed by atoms with van der Waals surface area (Å²) in [4.78, 5) is 8.23. The predicted octanol–water partition coefficient (Wildman–Crippen LogP) is 5.39. The first-order valence-corrected chi connectivity index (χ1v) is 13.2. The van der Waals surface area contributed by atoms with Crippen LogP contribution in [0.25, 0.3) is 22.2 Å². The Morgan fingerprint density at radius 1 is 1.03 bits per heavy atom. The predicted molar refractivity (Wildman–Crippen MR) is 133 cm³/mol. The Morgan fingerprint density at radius 2 is 1.77 bits per heavy atom. The number of ether oxygens (including phenoxy) is 1. The highest BCUT2D eigenvalue weighted by Gasteiger charge is 2.35. The molecule has 8 nitrogen and oxygen atoms in total. The van der Waals surface area contributed by atoms with Crippen molar-refractivity contribution >= 4 is 26.6 Å². The topological polar surface area (TPSA) is 110 Å². The van der Waals surface area contributed by atoms with Crippen molar-refractivity contribution in [3.8, 4) is 29.1 Å². The molecule has 2 aromatic carbocycles. The van der Waals surface area contributed by atoms with Crippen LogP contribution in [0.2, 0.25) is 0 Å². The van der Waals surface area contributed by atoms with Gasteiger partial charge in [0.05, 0.1) is 22.0 Å². The molecule has 2 saturated carbocycles. The molecule has 0 amide bonds. The number of hydrogen-bond donors (Lipinski definition) is 1. The molecule has 0 radical (unpaired) electrons. The molecule has 2 aromatic heterocycles. The van der Waals surface area contributed by atoms with Crippen LogP contribution in [0.5, 0.6) is 11.8 Å². The molecule has 9 heteroatoms. The molecule has 35 heavy (non-hydrogen) atoms. The zero-order valence-corrected chi connectivity index (χ0v) is 19.7. The number of aromatic nitrogens is 3. The lowest BCUT2D eigenvalue weighted by Crippen LogP contribution is -2.18. The van der Waals surface area contributed by atoms with E-state index in [1.54, 1.807) is 30.6 Å². The number of rotatable bonds is 7. The highest BCUT2D eigenvalue weighted by atomic mass is 32.2. The van der Waals surface area contributed by atoms with Gasteiger partial charge in [-0.2, -0.15) is 5.26 Å². The van der Waals surface area contributed by atoms with Gasteiger partial charge in [-0.05, 0) is 74.1 Å². The molecule has 1 N–H and O–H groups in total. The van der Waals surface area contributed by atoms with E-state index >= 15 is 0 Å². The second kappa shape index (κ2) is 8.40. The molecule has 2 aliphatic carbocycles. The van der Waals surface area contributed by atoms with Crippen molar-refractivity contribution in [1.29, 1.82) is 5.26 Å². The summed E-state index contributed by atoms with van der Waals surface area (Å²) in [6.45, 7) is 0. The third-order valence-electron chi connectivity index (χ3n) is 6.66. The van der Waals surface area contributed by atoms with Crippen molar-refractivity contribution in [2.24, 2.45) is 0 Å². The number of nitriles is 1. The summed E-state index contributed by atoms with van der Waals surface area (Å²) in [5, 5.41) is 10.7. The summed E-state index contributed by atoms with van der Waals surface area (Å²) in [7, 11) is -3.33. The summed E-state index contributed by atoms with van der Waals surface area (Å²) >= 11 is 0. The Bertz CT molecular complexity index is 1550. The maximum absolute atomic E-state index is 12.3. The molecule has 0 aliphatic heterocycles. The summed E-state index contributed by atoms with van der Waals surface area (Å²) < 4.78 is 35.4. The molecule has 2 heterocycles. The quantitative estimate of drug-likeness (QED) is 0.376. The maximum Gasteiger partial charge on any atom is 0.321 e. The fourth-order valence-corrected chi connectivity index (χ4v) is 5.93. The highest BCUT2D eigenvalue weighted by molar-refractivity contribution is 7.93. The van der Waals surface area contributed by atoms with Gasteiger partial charge in [0.25, 0.3) is 0 Å². The summed E-state index contributed by atoms with van der Waals surface area (Å²) in [6, 6.07) is 17.7. The Morgan fingerprint density at radius 3 is 2.40 bits per heavy atom. The SMILES string of the molecule is N#Cc1c(-c2ccc(NS(=O)(=O)C3CC3)cc2)n(C2CCC2)c2ccc(Oc3ncccn3)cc12. The Labute approximate surface area is 203 Å². The molecule has 6 rings (SSSR count). The van der Waals surface area contributed by atoms with E-state index in [2.05, 4.69) is 25.3 Å². The largest absolute Gasteiger partial charge is 0.424 e. The van der Waals surface area contributed by atoms with Gasteiger partial charge in [0, 0.05) is 29.5 Å². The standard InChI is InChI=1S/C26H23N5O3S/c27-16-23-22-15-20(34-26-28-13-2-14-29-26)9-12-24(22)31(19-3-1-4-19)25(23)17-5-7-18(8-6-17)30-35(32,33)21-10-11-21/h2,5-9,12-15,19,21,30H,1,3-4,10-11H2. The number of fused-ring (bicyclic) bond motifs is 1. The van der Waals surface area contributed by atoms with Gasteiger partial charge < -0.3 is 9.30 Å². The van der Waals surface area contributed by atoms with E-state index < -0.39 is 10.0 Å². The molecule has 0 atom stereocenters. The van der Waals surface area contributed by atoms with Crippen molar-refractivity contribution in [3.63, 3.8) is 0 Å². The minimum Gasteiger partial charge on any atom is -0.424 e. The number of nitrogens with one attached hydrogen (secondary N) is 1. The first-order chi connectivity index (χ1) is 17.0. The van der Waals surface area contributed by atoms with E-state index in [-0.39, 0.29) is 11.3 Å². The van der Waals surface area contributed by atoms with Gasteiger partial charge >= 0.3 is 6.01 Å². The van der Waals surface area contributed by atoms with Crippen LogP contribution in [0.4, 0.5) is 5.69 Å². The Balaban J connectivity index is 1.42. The van der Waals surface area contributed by atoms with Gasteiger partial charge in [0.15, 0.2) is 0 Å². The molecule has 2 aliphatic rings. The molecular formula is C26H23N5O3S. The molecule has 4 aromatic rings. The molecule has 0 spiro atoms. The van der Waals surface area contributed by atoms with Crippen LogP contribution in [-0.2, 0) is 10.0 Å². The Kier molecular flexibility index (Phi) is 5.19. The van der Waals surface area contributed by atoms with Crippen LogP contribution >= 0.6 is 0 Å². The van der Waals surface area contributed by atoms with Crippen molar-refractivity contribution in [1.82, 2.24) is 14.5 Å². The first kappa shape index (κ1) is 21.6. The van der Waals surface area contributed by atoms with Crippen LogP contribution in [0.15, 0.2) is 60.9 Å². The lowest BCUT2D eigenvalue weighted by atomic mass is 9.92. The first-order valence-electron chi connectivity index (χ1n) is 11.7. The van der Waals surface area contributed by atoms with E-state index in [4.69, 9.17) is 4.74 Å². The van der Waals surface area contributed by atoms with E-state index in [0.29, 0.717) is 35.9 Å². The molecule has 2 fully saturated rings. The van der Waals surface area contributed by atoms with E-state index in [1.165, 1.54) is 0 Å². The van der Waals surface area contributed by atoms with Crippen molar-refractivity contribution < 1.29 is 13.2 Å². The van der Waals surface area contributed by atoms with Gasteiger partial charge in [-0.15, -0.1) is 0 Å². The van der Waals surface area contributed by atoms with Crippen LogP contribution in [0, 0.1) is 11.3 Å². The molecule has 0 bridgehead atoms. The van der Waals surface area contributed by atoms with Gasteiger partial charge in [-0.1, -0.05) is 12.1 Å². The third-order valence-corrected chi connectivity index (χ3v) is 8.53. The second-order valence-electron chi connectivity index (χ2n) is 9.03. The lowest BCUT2D eigenvalue weighted by molar-refractivity contribution is 0.324. The number of anilines is 1. The average Bonchev–Trinajstić information content (AvgIpc) is 3.64. The fraction of sp³-hybridized carbons (Fsp3) is 0.269. The Hall–Kier alpha value is -3.90. The number of nitrogens with zero attached hydrogens (tertiary/aromatic N) is 4. The molecule has 0 unspecified atom stereocenters. The van der Waals surface area contributed by atoms with Gasteiger partial charge in [-0.3, -0.25) is 4.72 Å². The van der Waals surface area contributed by atoms with Crippen molar-refractivity contribution in [3.05, 3.63) is 66.5 Å². The smallest absolute Gasteiger partial charge is 0.321 e. The monoisotopic (exact) mass is 485 g/mol. The van der Waals surface area contributed by atoms with E-state index in [9.17, 15) is 13.7 Å². The minimum atomic E-state index is -3.33. The van der Waals surface area contributed by atoms with Gasteiger partial charge in [0.2, 0.25) is 10.0 Å².